The van der Waals surface area contributed by atoms with E-state index in [0.717, 1.165) is 33.9 Å². The van der Waals surface area contributed by atoms with Crippen LogP contribution in [0.3, 0.4) is 0 Å². The molecule has 8 nitrogen and oxygen atoms in total. The van der Waals surface area contributed by atoms with Gasteiger partial charge in [-0.1, -0.05) is 25.7 Å². The Morgan fingerprint density at radius 1 is 0.632 bits per heavy atom. The number of hydrogen-bond donors (Lipinski definition) is 0. The molecular formula is C30H44N4O4+2. The van der Waals surface area contributed by atoms with Gasteiger partial charge >= 0.3 is 0 Å². The molecule has 0 aromatic heterocycles. The quantitative estimate of drug-likeness (QED) is 0.146. The summed E-state index contributed by atoms with van der Waals surface area (Å²) in [6.45, 7) is 6.66. The number of likely N-dealkylation sites (tertiary alicyclic amines) is 2. The molecule has 8 heteroatoms. The van der Waals surface area contributed by atoms with E-state index in [9.17, 15) is 20.2 Å². The molecule has 0 aliphatic carbocycles. The van der Waals surface area contributed by atoms with Crippen molar-refractivity contribution in [3.63, 3.8) is 0 Å². The van der Waals surface area contributed by atoms with Gasteiger partial charge in [-0.05, 0) is 61.8 Å². The minimum absolute atomic E-state index is 0.165. The maximum Gasteiger partial charge on any atom is 0.269 e. The summed E-state index contributed by atoms with van der Waals surface area (Å²) in [6.07, 6.45) is 10.5. The van der Waals surface area contributed by atoms with Crippen molar-refractivity contribution in [2.45, 2.75) is 64.5 Å². The third-order valence-electron chi connectivity index (χ3n) is 9.21. The maximum atomic E-state index is 10.9. The van der Waals surface area contributed by atoms with Crippen LogP contribution in [0.4, 0.5) is 11.4 Å². The summed E-state index contributed by atoms with van der Waals surface area (Å²) in [6, 6.07) is 14.1. The van der Waals surface area contributed by atoms with E-state index in [2.05, 4.69) is 14.1 Å². The van der Waals surface area contributed by atoms with E-state index in [1.165, 1.54) is 88.7 Å². The fourth-order valence-corrected chi connectivity index (χ4v) is 6.58. The predicted molar refractivity (Wildman–Crippen MR) is 149 cm³/mol. The van der Waals surface area contributed by atoms with E-state index in [-0.39, 0.29) is 21.2 Å². The maximum absolute atomic E-state index is 10.9. The second-order valence-corrected chi connectivity index (χ2v) is 12.5. The fraction of sp³-hybridized carbons (Fsp3) is 0.600. The number of piperidine rings is 2. The first-order chi connectivity index (χ1) is 18.1. The van der Waals surface area contributed by atoms with Crippen LogP contribution in [-0.4, -0.2) is 59.1 Å². The van der Waals surface area contributed by atoms with Crippen molar-refractivity contribution in [3.8, 4) is 0 Å². The van der Waals surface area contributed by atoms with Gasteiger partial charge in [0.15, 0.2) is 0 Å². The summed E-state index contributed by atoms with van der Waals surface area (Å²) in [5.74, 6) is 1.68. The highest BCUT2D eigenvalue weighted by Gasteiger charge is 2.31. The number of nitrogens with zero attached hydrogens (tertiary/aromatic N) is 4. The van der Waals surface area contributed by atoms with Crippen molar-refractivity contribution < 1.29 is 18.8 Å². The van der Waals surface area contributed by atoms with Crippen LogP contribution in [0, 0.1) is 32.1 Å². The summed E-state index contributed by atoms with van der Waals surface area (Å²) in [5, 5.41) is 21.8. The van der Waals surface area contributed by atoms with Crippen molar-refractivity contribution in [1.29, 1.82) is 0 Å². The molecule has 206 valence electrons. The first kappa shape index (κ1) is 28.2. The number of non-ortho nitro benzene ring substituents is 2. The van der Waals surface area contributed by atoms with Gasteiger partial charge in [-0.15, -0.1) is 0 Å². The highest BCUT2D eigenvalue weighted by atomic mass is 16.6. The SMILES string of the molecule is C[N+]1(Cc2ccc([N+](=O)[O-])cc2)CCC(CCCCC2CC[N+](C)(Cc3ccc([N+](=O)[O-])cc3)CC2)CC1. The number of rotatable bonds is 11. The summed E-state index contributed by atoms with van der Waals surface area (Å²) >= 11 is 0. The van der Waals surface area contributed by atoms with E-state index in [4.69, 9.17) is 0 Å². The second-order valence-electron chi connectivity index (χ2n) is 12.5. The molecule has 2 saturated heterocycles. The first-order valence-electron chi connectivity index (χ1n) is 14.3. The van der Waals surface area contributed by atoms with Gasteiger partial charge in [0.2, 0.25) is 0 Å². The minimum Gasteiger partial charge on any atom is -0.322 e. The standard InChI is InChI=1S/C30H44N4O4/c1-33(23-27-7-11-29(12-8-27)31(35)36)19-15-25(16-20-33)5-3-4-6-26-17-21-34(2,22-18-26)24-28-9-13-30(14-10-28)32(37)38/h7-14,25-26H,3-6,15-24H2,1-2H3/q+2. The van der Waals surface area contributed by atoms with Crippen LogP contribution in [0.25, 0.3) is 0 Å². The van der Waals surface area contributed by atoms with Crippen LogP contribution in [0.5, 0.6) is 0 Å². The number of hydrogen-bond acceptors (Lipinski definition) is 4. The van der Waals surface area contributed by atoms with E-state index < -0.39 is 0 Å². The van der Waals surface area contributed by atoms with Crippen LogP contribution in [0.1, 0.15) is 62.5 Å². The van der Waals surface area contributed by atoms with E-state index >= 15 is 0 Å². The smallest absolute Gasteiger partial charge is 0.269 e. The van der Waals surface area contributed by atoms with E-state index in [0.29, 0.717) is 0 Å². The molecule has 0 unspecified atom stereocenters. The minimum atomic E-state index is -0.333. The second kappa shape index (κ2) is 12.3. The first-order valence-corrected chi connectivity index (χ1v) is 14.3. The van der Waals surface area contributed by atoms with Crippen molar-refractivity contribution >= 4 is 11.4 Å². The monoisotopic (exact) mass is 524 g/mol. The molecule has 2 aromatic rings. The summed E-state index contributed by atoms with van der Waals surface area (Å²) in [7, 11) is 4.66. The molecule has 2 aliphatic heterocycles. The number of nitro benzene ring substituents is 2. The molecule has 2 aromatic carbocycles. The third-order valence-corrected chi connectivity index (χ3v) is 9.21. The zero-order valence-corrected chi connectivity index (χ0v) is 23.1. The van der Waals surface area contributed by atoms with E-state index in [1.807, 2.05) is 24.3 Å². The molecule has 2 aliphatic rings. The number of unbranched alkanes of at least 4 members (excludes halogenated alkanes) is 1. The van der Waals surface area contributed by atoms with Gasteiger partial charge in [-0.25, -0.2) is 0 Å². The Bertz CT molecular complexity index is 983. The lowest BCUT2D eigenvalue weighted by molar-refractivity contribution is -0.928. The van der Waals surface area contributed by atoms with Gasteiger partial charge in [0.25, 0.3) is 11.4 Å². The molecule has 0 bridgehead atoms. The average molecular weight is 525 g/mol. The molecule has 2 heterocycles. The molecular weight excluding hydrogens is 480 g/mol. The van der Waals surface area contributed by atoms with Crippen molar-refractivity contribution in [2.75, 3.05) is 40.3 Å². The molecule has 0 saturated carbocycles. The van der Waals surface area contributed by atoms with Gasteiger partial charge in [-0.3, -0.25) is 20.2 Å². The van der Waals surface area contributed by atoms with Crippen molar-refractivity contribution in [3.05, 3.63) is 79.9 Å². The Labute approximate surface area is 226 Å². The predicted octanol–water partition coefficient (Wildman–Crippen LogP) is 6.48. The normalized spacial score (nSPS) is 27.6. The molecule has 2 fully saturated rings. The van der Waals surface area contributed by atoms with Gasteiger partial charge in [0, 0.05) is 35.4 Å². The average Bonchev–Trinajstić information content (AvgIpc) is 2.89. The summed E-state index contributed by atoms with van der Waals surface area (Å²) < 4.78 is 2.07. The van der Waals surface area contributed by atoms with Gasteiger partial charge in [-0.2, -0.15) is 0 Å². The fourth-order valence-electron chi connectivity index (χ4n) is 6.58. The van der Waals surface area contributed by atoms with Crippen molar-refractivity contribution in [2.24, 2.45) is 11.8 Å². The lowest BCUT2D eigenvalue weighted by atomic mass is 9.87. The third kappa shape index (κ3) is 7.84. The Morgan fingerprint density at radius 3 is 1.24 bits per heavy atom. The number of nitro groups is 2. The van der Waals surface area contributed by atoms with Crippen LogP contribution in [-0.2, 0) is 13.1 Å². The van der Waals surface area contributed by atoms with Crippen molar-refractivity contribution in [1.82, 2.24) is 0 Å². The Kier molecular flexibility index (Phi) is 9.15. The molecule has 0 radical (unpaired) electrons. The van der Waals surface area contributed by atoms with Crippen LogP contribution < -0.4 is 0 Å². The largest absolute Gasteiger partial charge is 0.322 e. The topological polar surface area (TPSA) is 86.3 Å². The lowest BCUT2D eigenvalue weighted by Crippen LogP contribution is -2.49. The zero-order chi connectivity index (χ0) is 27.2. The molecule has 0 spiro atoms. The van der Waals surface area contributed by atoms with E-state index in [1.54, 1.807) is 24.3 Å². The van der Waals surface area contributed by atoms with Crippen LogP contribution in [0.2, 0.25) is 0 Å². The number of benzene rings is 2. The Balaban J connectivity index is 1.10. The lowest BCUT2D eigenvalue weighted by Gasteiger charge is -2.41. The van der Waals surface area contributed by atoms with Gasteiger partial charge in [0.05, 0.1) is 50.1 Å². The summed E-state index contributed by atoms with van der Waals surface area (Å²) in [4.78, 5) is 21.1. The van der Waals surface area contributed by atoms with Gasteiger partial charge < -0.3 is 8.97 Å². The molecule has 0 N–H and O–H groups in total. The van der Waals surface area contributed by atoms with Crippen LogP contribution >= 0.6 is 0 Å². The number of quaternary nitrogens is 2. The van der Waals surface area contributed by atoms with Crippen LogP contribution in [0.15, 0.2) is 48.5 Å². The molecule has 0 amide bonds. The Morgan fingerprint density at radius 2 is 0.947 bits per heavy atom. The van der Waals surface area contributed by atoms with Gasteiger partial charge in [0.1, 0.15) is 13.1 Å². The summed E-state index contributed by atoms with van der Waals surface area (Å²) in [5.41, 5.74) is 2.70. The highest BCUT2D eigenvalue weighted by Crippen LogP contribution is 2.31. The highest BCUT2D eigenvalue weighted by molar-refractivity contribution is 5.33. The molecule has 4 rings (SSSR count). The Hall–Kier alpha value is -2.84. The molecule has 38 heavy (non-hydrogen) atoms. The zero-order valence-electron chi connectivity index (χ0n) is 23.1. The molecule has 0 atom stereocenters.